The van der Waals surface area contributed by atoms with Crippen LogP contribution in [0.4, 0.5) is 0 Å². The predicted molar refractivity (Wildman–Crippen MR) is 73.2 cm³/mol. The first-order valence-electron chi connectivity index (χ1n) is 6.34. The Balaban J connectivity index is 2.08. The largest absolute Gasteiger partial charge is 0.467 e. The molecule has 0 spiro atoms. The van der Waals surface area contributed by atoms with Gasteiger partial charge in [0.25, 0.3) is 0 Å². The minimum absolute atomic E-state index is 0.0925. The van der Waals surface area contributed by atoms with Crippen LogP contribution in [0.2, 0.25) is 0 Å². The van der Waals surface area contributed by atoms with Gasteiger partial charge in [-0.2, -0.15) is 0 Å². The molecule has 19 heavy (non-hydrogen) atoms. The lowest BCUT2D eigenvalue weighted by atomic mass is 10.1. The second-order valence-electron chi connectivity index (χ2n) is 4.32. The normalized spacial score (nSPS) is 12.1. The first kappa shape index (κ1) is 13.4. The highest BCUT2D eigenvalue weighted by Gasteiger charge is 2.21. The Morgan fingerprint density at radius 3 is 2.58 bits per heavy atom. The third kappa shape index (κ3) is 3.23. The van der Waals surface area contributed by atoms with E-state index in [0.717, 1.165) is 11.3 Å². The summed E-state index contributed by atoms with van der Waals surface area (Å²) in [6.45, 7) is 2.97. The summed E-state index contributed by atoms with van der Waals surface area (Å²) in [5.41, 5.74) is 6.85. The van der Waals surface area contributed by atoms with Crippen molar-refractivity contribution in [1.82, 2.24) is 4.90 Å². The van der Waals surface area contributed by atoms with Gasteiger partial charge in [0.1, 0.15) is 11.8 Å². The van der Waals surface area contributed by atoms with Crippen molar-refractivity contribution in [2.24, 2.45) is 5.73 Å². The maximum absolute atomic E-state index is 12.4. The van der Waals surface area contributed by atoms with Crippen molar-refractivity contribution < 1.29 is 9.21 Å². The minimum Gasteiger partial charge on any atom is -0.467 e. The summed E-state index contributed by atoms with van der Waals surface area (Å²) in [6, 6.07) is 12.4. The smallest absolute Gasteiger partial charge is 0.244 e. The van der Waals surface area contributed by atoms with Crippen molar-refractivity contribution in [2.75, 3.05) is 6.54 Å². The van der Waals surface area contributed by atoms with E-state index in [2.05, 4.69) is 0 Å². The lowest BCUT2D eigenvalue weighted by Gasteiger charge is -2.23. The zero-order chi connectivity index (χ0) is 13.7. The second-order valence-corrected chi connectivity index (χ2v) is 4.32. The summed E-state index contributed by atoms with van der Waals surface area (Å²) in [6.07, 6.45) is 1.60. The maximum Gasteiger partial charge on any atom is 0.244 e. The van der Waals surface area contributed by atoms with Gasteiger partial charge in [-0.05, 0) is 24.6 Å². The third-order valence-corrected chi connectivity index (χ3v) is 3.04. The highest BCUT2D eigenvalue weighted by atomic mass is 16.3. The Kier molecular flexibility index (Phi) is 4.36. The average molecular weight is 258 g/mol. The molecule has 0 aliphatic rings. The topological polar surface area (TPSA) is 59.5 Å². The van der Waals surface area contributed by atoms with Crippen LogP contribution >= 0.6 is 0 Å². The fraction of sp³-hybridized carbons (Fsp3) is 0.267. The lowest BCUT2D eigenvalue weighted by Crippen LogP contribution is -2.37. The van der Waals surface area contributed by atoms with Gasteiger partial charge in [0.05, 0.1) is 12.8 Å². The number of hydrogen-bond acceptors (Lipinski definition) is 3. The molecule has 2 N–H and O–H groups in total. The van der Waals surface area contributed by atoms with Crippen LogP contribution in [-0.2, 0) is 11.3 Å². The van der Waals surface area contributed by atoms with E-state index in [4.69, 9.17) is 10.2 Å². The number of carbonyl (C=O) groups is 1. The monoisotopic (exact) mass is 258 g/mol. The molecule has 0 aliphatic carbocycles. The Hall–Kier alpha value is -2.07. The van der Waals surface area contributed by atoms with Crippen LogP contribution < -0.4 is 5.73 Å². The molecule has 4 nitrogen and oxygen atoms in total. The molecule has 4 heteroatoms. The van der Waals surface area contributed by atoms with Crippen molar-refractivity contribution >= 4 is 5.91 Å². The zero-order valence-electron chi connectivity index (χ0n) is 11.0. The maximum atomic E-state index is 12.4. The van der Waals surface area contributed by atoms with Crippen LogP contribution in [-0.4, -0.2) is 17.4 Å². The molecule has 1 aromatic carbocycles. The molecule has 2 rings (SSSR count). The van der Waals surface area contributed by atoms with Crippen LogP contribution in [0.25, 0.3) is 0 Å². The van der Waals surface area contributed by atoms with Crippen molar-refractivity contribution in [3.05, 3.63) is 60.1 Å². The second kappa shape index (κ2) is 6.20. The summed E-state index contributed by atoms with van der Waals surface area (Å²) in [5.74, 6) is 0.667. The van der Waals surface area contributed by atoms with Crippen molar-refractivity contribution in [2.45, 2.75) is 19.5 Å². The van der Waals surface area contributed by atoms with Crippen LogP contribution in [0.5, 0.6) is 0 Å². The van der Waals surface area contributed by atoms with E-state index < -0.39 is 6.04 Å². The molecule has 0 bridgehead atoms. The molecule has 0 unspecified atom stereocenters. The first-order valence-corrected chi connectivity index (χ1v) is 6.34. The number of benzene rings is 1. The molecule has 0 aliphatic heterocycles. The van der Waals surface area contributed by atoms with Crippen molar-refractivity contribution in [1.29, 1.82) is 0 Å². The number of carbonyl (C=O) groups excluding carboxylic acids is 1. The Labute approximate surface area is 112 Å². The lowest BCUT2D eigenvalue weighted by molar-refractivity contribution is -0.133. The Bertz CT molecular complexity index is 508. The summed E-state index contributed by atoms with van der Waals surface area (Å²) in [7, 11) is 0. The number of hydrogen-bond donors (Lipinski definition) is 1. The number of amides is 1. The van der Waals surface area contributed by atoms with Crippen LogP contribution in [0.3, 0.4) is 0 Å². The van der Waals surface area contributed by atoms with Crippen LogP contribution in [0.1, 0.15) is 24.3 Å². The molecule has 1 heterocycles. The molecule has 1 amide bonds. The van der Waals surface area contributed by atoms with Gasteiger partial charge in [0.2, 0.25) is 5.91 Å². The standard InChI is InChI=1S/C15H18N2O2/c1-2-17(11-13-9-6-10-19-13)15(18)14(16)12-7-4-3-5-8-12/h3-10,14H,2,11,16H2,1H3/t14-/m0/s1. The van der Waals surface area contributed by atoms with Gasteiger partial charge in [-0.15, -0.1) is 0 Å². The highest BCUT2D eigenvalue weighted by Crippen LogP contribution is 2.15. The molecular formula is C15H18N2O2. The molecule has 0 fully saturated rings. The van der Waals surface area contributed by atoms with Gasteiger partial charge in [0, 0.05) is 6.54 Å². The number of furan rings is 1. The Morgan fingerprint density at radius 1 is 1.26 bits per heavy atom. The van der Waals surface area contributed by atoms with Crippen LogP contribution in [0.15, 0.2) is 53.1 Å². The summed E-state index contributed by atoms with van der Waals surface area (Å²) in [5, 5.41) is 0. The van der Waals surface area contributed by atoms with E-state index in [-0.39, 0.29) is 5.91 Å². The van der Waals surface area contributed by atoms with Gasteiger partial charge in [-0.3, -0.25) is 4.79 Å². The third-order valence-electron chi connectivity index (χ3n) is 3.04. The summed E-state index contributed by atoms with van der Waals surface area (Å²) in [4.78, 5) is 14.1. The zero-order valence-corrected chi connectivity index (χ0v) is 11.0. The molecule has 1 atom stereocenters. The summed E-state index contributed by atoms with van der Waals surface area (Å²) < 4.78 is 5.27. The quantitative estimate of drug-likeness (QED) is 0.895. The molecule has 100 valence electrons. The number of nitrogens with two attached hydrogens (primary N) is 1. The number of likely N-dealkylation sites (N-methyl/N-ethyl adjacent to an activating group) is 1. The molecule has 0 radical (unpaired) electrons. The van der Waals surface area contributed by atoms with Gasteiger partial charge in [-0.1, -0.05) is 30.3 Å². The van der Waals surface area contributed by atoms with Gasteiger partial charge in [0.15, 0.2) is 0 Å². The molecule has 2 aromatic rings. The predicted octanol–water partition coefficient (Wildman–Crippen LogP) is 2.33. The fourth-order valence-electron chi connectivity index (χ4n) is 1.94. The fourth-order valence-corrected chi connectivity index (χ4v) is 1.94. The number of rotatable bonds is 5. The van der Waals surface area contributed by atoms with Gasteiger partial charge in [-0.25, -0.2) is 0 Å². The summed E-state index contributed by atoms with van der Waals surface area (Å²) >= 11 is 0. The van der Waals surface area contributed by atoms with E-state index in [9.17, 15) is 4.79 Å². The molecule has 0 saturated carbocycles. The van der Waals surface area contributed by atoms with Crippen molar-refractivity contribution in [3.8, 4) is 0 Å². The molecular weight excluding hydrogens is 240 g/mol. The average Bonchev–Trinajstić information content (AvgIpc) is 2.97. The molecule has 1 aromatic heterocycles. The first-order chi connectivity index (χ1) is 9.22. The minimum atomic E-state index is -0.629. The molecule has 0 saturated heterocycles. The van der Waals surface area contributed by atoms with Gasteiger partial charge < -0.3 is 15.1 Å². The van der Waals surface area contributed by atoms with E-state index in [1.165, 1.54) is 0 Å². The van der Waals surface area contributed by atoms with Gasteiger partial charge >= 0.3 is 0 Å². The van der Waals surface area contributed by atoms with E-state index in [1.807, 2.05) is 49.4 Å². The van der Waals surface area contributed by atoms with E-state index >= 15 is 0 Å². The van der Waals surface area contributed by atoms with Crippen LogP contribution in [0, 0.1) is 0 Å². The number of nitrogens with zero attached hydrogens (tertiary/aromatic N) is 1. The Morgan fingerprint density at radius 2 is 2.00 bits per heavy atom. The van der Waals surface area contributed by atoms with E-state index in [0.29, 0.717) is 13.1 Å². The highest BCUT2D eigenvalue weighted by molar-refractivity contribution is 5.83. The van der Waals surface area contributed by atoms with Crippen molar-refractivity contribution in [3.63, 3.8) is 0 Å². The SMILES string of the molecule is CCN(Cc1ccco1)C(=O)[C@@H](N)c1ccccc1. The van der Waals surface area contributed by atoms with E-state index in [1.54, 1.807) is 11.2 Å².